The maximum atomic E-state index is 12.4. The van der Waals surface area contributed by atoms with E-state index >= 15 is 0 Å². The Kier molecular flexibility index (Phi) is 6.63. The molecular formula is C19H21NO5S. The van der Waals surface area contributed by atoms with Crippen molar-refractivity contribution in [1.29, 1.82) is 0 Å². The molecule has 0 radical (unpaired) electrons. The number of hydrogen-bond acceptors (Lipinski definition) is 5. The van der Waals surface area contributed by atoms with Gasteiger partial charge in [0.25, 0.3) is 0 Å². The van der Waals surface area contributed by atoms with Crippen LogP contribution in [-0.4, -0.2) is 41.0 Å². The predicted molar refractivity (Wildman–Crippen MR) is 102 cm³/mol. The minimum Gasteiger partial charge on any atom is -0.497 e. The zero-order valence-corrected chi connectivity index (χ0v) is 15.6. The van der Waals surface area contributed by atoms with Crippen molar-refractivity contribution in [3.63, 3.8) is 0 Å². The quantitative estimate of drug-likeness (QED) is 0.773. The third kappa shape index (κ3) is 4.98. The van der Waals surface area contributed by atoms with Crippen molar-refractivity contribution >= 4 is 39.5 Å². The highest BCUT2D eigenvalue weighted by Crippen LogP contribution is 2.28. The molecule has 2 rings (SSSR count). The normalized spacial score (nSPS) is 13.0. The number of ether oxygens (including phenoxy) is 1. The third-order valence-electron chi connectivity index (χ3n) is 3.99. The van der Waals surface area contributed by atoms with Crippen LogP contribution in [0, 0.1) is 0 Å². The van der Waals surface area contributed by atoms with E-state index in [4.69, 9.17) is 9.84 Å². The van der Waals surface area contributed by atoms with Crippen molar-refractivity contribution in [2.24, 2.45) is 0 Å². The fourth-order valence-electron chi connectivity index (χ4n) is 2.49. The number of methoxy groups -OCH3 is 1. The highest BCUT2D eigenvalue weighted by molar-refractivity contribution is 8.13. The lowest BCUT2D eigenvalue weighted by Crippen LogP contribution is -2.41. The molecule has 0 fully saturated rings. The van der Waals surface area contributed by atoms with Crippen LogP contribution in [0.5, 0.6) is 5.75 Å². The second-order valence-corrected chi connectivity index (χ2v) is 6.94. The third-order valence-corrected chi connectivity index (χ3v) is 5.13. The summed E-state index contributed by atoms with van der Waals surface area (Å²) in [5.41, 5.74) is 0.853. The average Bonchev–Trinajstić information content (AvgIpc) is 2.62. The van der Waals surface area contributed by atoms with Crippen molar-refractivity contribution in [1.82, 2.24) is 5.32 Å². The summed E-state index contributed by atoms with van der Waals surface area (Å²) < 4.78 is 5.20. The number of fused-ring (bicyclic) bond motifs is 1. The lowest BCUT2D eigenvalue weighted by Gasteiger charge is -2.15. The van der Waals surface area contributed by atoms with Gasteiger partial charge in [0, 0.05) is 12.7 Å². The molecule has 2 aromatic rings. The number of carboxylic acid groups (broad SMARTS) is 1. The van der Waals surface area contributed by atoms with Gasteiger partial charge in [0.2, 0.25) is 5.91 Å². The van der Waals surface area contributed by atoms with Gasteiger partial charge in [-0.2, -0.15) is 0 Å². The van der Waals surface area contributed by atoms with Gasteiger partial charge in [-0.25, -0.2) is 4.79 Å². The number of carbonyl (C=O) groups is 3. The molecule has 6 nitrogen and oxygen atoms in total. The van der Waals surface area contributed by atoms with E-state index in [-0.39, 0.29) is 10.9 Å². The number of benzene rings is 2. The molecule has 0 aliphatic rings. The Hall–Kier alpha value is -2.54. The van der Waals surface area contributed by atoms with Crippen LogP contribution in [0.25, 0.3) is 10.8 Å². The Labute approximate surface area is 155 Å². The van der Waals surface area contributed by atoms with Crippen LogP contribution in [0.3, 0.4) is 0 Å². The highest BCUT2D eigenvalue weighted by atomic mass is 32.2. The molecule has 26 heavy (non-hydrogen) atoms. The van der Waals surface area contributed by atoms with Crippen LogP contribution < -0.4 is 10.1 Å². The Morgan fingerprint density at radius 1 is 1.15 bits per heavy atom. The van der Waals surface area contributed by atoms with Crippen LogP contribution in [0.1, 0.15) is 25.3 Å². The fourth-order valence-corrected chi connectivity index (χ4v) is 3.43. The maximum Gasteiger partial charge on any atom is 0.327 e. The number of aliphatic carboxylic acids is 1. The van der Waals surface area contributed by atoms with E-state index in [1.54, 1.807) is 14.0 Å². The SMILES string of the molecule is COc1ccc2cc([C@@H](C)C(=O)SCC(NC(C)=O)C(=O)O)ccc2c1. The van der Waals surface area contributed by atoms with Gasteiger partial charge in [0.15, 0.2) is 5.12 Å². The van der Waals surface area contributed by atoms with E-state index in [2.05, 4.69) is 5.32 Å². The van der Waals surface area contributed by atoms with Crippen molar-refractivity contribution < 1.29 is 24.2 Å². The Morgan fingerprint density at radius 3 is 2.42 bits per heavy atom. The number of rotatable bonds is 7. The van der Waals surface area contributed by atoms with Crippen molar-refractivity contribution in [2.45, 2.75) is 25.8 Å². The van der Waals surface area contributed by atoms with Gasteiger partial charge in [-0.3, -0.25) is 9.59 Å². The van der Waals surface area contributed by atoms with Crippen LogP contribution in [0.4, 0.5) is 0 Å². The molecule has 0 bridgehead atoms. The van der Waals surface area contributed by atoms with E-state index < -0.39 is 23.8 Å². The van der Waals surface area contributed by atoms with Crippen LogP contribution in [0.2, 0.25) is 0 Å². The van der Waals surface area contributed by atoms with E-state index in [0.29, 0.717) is 0 Å². The second kappa shape index (κ2) is 8.71. The zero-order valence-electron chi connectivity index (χ0n) is 14.8. The van der Waals surface area contributed by atoms with Crippen molar-refractivity contribution in [2.75, 3.05) is 12.9 Å². The molecule has 7 heteroatoms. The van der Waals surface area contributed by atoms with E-state index in [9.17, 15) is 14.4 Å². The molecule has 0 heterocycles. The van der Waals surface area contributed by atoms with Crippen LogP contribution >= 0.6 is 11.8 Å². The Bertz CT molecular complexity index is 836. The minimum absolute atomic E-state index is 0.0110. The van der Waals surface area contributed by atoms with Crippen LogP contribution in [0.15, 0.2) is 36.4 Å². The van der Waals surface area contributed by atoms with Crippen molar-refractivity contribution in [3.05, 3.63) is 42.0 Å². The van der Waals surface area contributed by atoms with E-state index in [1.165, 1.54) is 6.92 Å². The molecule has 138 valence electrons. The summed E-state index contributed by atoms with van der Waals surface area (Å²) in [6, 6.07) is 10.4. The largest absolute Gasteiger partial charge is 0.497 e. The fraction of sp³-hybridized carbons (Fsp3) is 0.316. The van der Waals surface area contributed by atoms with Gasteiger partial charge < -0.3 is 15.2 Å². The summed E-state index contributed by atoms with van der Waals surface area (Å²) in [7, 11) is 1.61. The van der Waals surface area contributed by atoms with Gasteiger partial charge in [0.1, 0.15) is 11.8 Å². The number of nitrogens with one attached hydrogen (secondary N) is 1. The first kappa shape index (κ1) is 19.8. The summed E-state index contributed by atoms with van der Waals surface area (Å²) in [5, 5.41) is 13.3. The summed E-state index contributed by atoms with van der Waals surface area (Å²) in [6.45, 7) is 3.03. The summed E-state index contributed by atoms with van der Waals surface area (Å²) in [6.07, 6.45) is 0. The molecule has 0 spiro atoms. The zero-order chi connectivity index (χ0) is 19.3. The van der Waals surface area contributed by atoms with Gasteiger partial charge in [-0.05, 0) is 28.5 Å². The molecule has 1 unspecified atom stereocenters. The molecule has 0 aromatic heterocycles. The summed E-state index contributed by atoms with van der Waals surface area (Å²) in [4.78, 5) is 34.6. The Morgan fingerprint density at radius 2 is 1.81 bits per heavy atom. The topological polar surface area (TPSA) is 92.7 Å². The predicted octanol–water partition coefficient (Wildman–Crippen LogP) is 2.80. The molecule has 2 N–H and O–H groups in total. The molecule has 0 aliphatic carbocycles. The van der Waals surface area contributed by atoms with Gasteiger partial charge in [0.05, 0.1) is 13.0 Å². The molecule has 1 amide bonds. The number of carboxylic acids is 1. The highest BCUT2D eigenvalue weighted by Gasteiger charge is 2.23. The molecule has 2 aromatic carbocycles. The average molecular weight is 375 g/mol. The molecule has 0 saturated heterocycles. The number of hydrogen-bond donors (Lipinski definition) is 2. The first-order valence-corrected chi connectivity index (χ1v) is 9.04. The summed E-state index contributed by atoms with van der Waals surface area (Å²) >= 11 is 0.915. The van der Waals surface area contributed by atoms with Crippen LogP contribution in [-0.2, 0) is 14.4 Å². The standard InChI is InChI=1S/C19H21NO5S/c1-11(19(24)26-10-17(18(22)23)20-12(2)21)13-4-5-15-9-16(25-3)7-6-14(15)8-13/h4-9,11,17H,10H2,1-3H3,(H,20,21)(H,22,23)/t11-,17?/m1/s1. The minimum atomic E-state index is -1.16. The smallest absolute Gasteiger partial charge is 0.327 e. The monoisotopic (exact) mass is 375 g/mol. The van der Waals surface area contributed by atoms with Gasteiger partial charge >= 0.3 is 5.97 Å². The van der Waals surface area contributed by atoms with E-state index in [1.807, 2.05) is 36.4 Å². The van der Waals surface area contributed by atoms with E-state index in [0.717, 1.165) is 33.8 Å². The lowest BCUT2D eigenvalue weighted by molar-refractivity contribution is -0.140. The number of amides is 1. The molecule has 0 aliphatic heterocycles. The molecular weight excluding hydrogens is 354 g/mol. The summed E-state index contributed by atoms with van der Waals surface area (Å²) in [5.74, 6) is -1.24. The first-order chi connectivity index (χ1) is 12.3. The lowest BCUT2D eigenvalue weighted by atomic mass is 9.99. The maximum absolute atomic E-state index is 12.4. The van der Waals surface area contributed by atoms with Gasteiger partial charge in [-0.15, -0.1) is 0 Å². The molecule has 0 saturated carbocycles. The van der Waals surface area contributed by atoms with Crippen molar-refractivity contribution in [3.8, 4) is 5.75 Å². The first-order valence-electron chi connectivity index (χ1n) is 8.06. The number of carbonyl (C=O) groups excluding carboxylic acids is 2. The Balaban J connectivity index is 2.08. The number of thioether (sulfide) groups is 1. The molecule has 2 atom stereocenters. The van der Waals surface area contributed by atoms with Gasteiger partial charge in [-0.1, -0.05) is 43.0 Å². The second-order valence-electron chi connectivity index (χ2n) is 5.92.